The summed E-state index contributed by atoms with van der Waals surface area (Å²) in [6.45, 7) is 13.3. The number of carbonyl (C=O) groups excluding carboxylic acids is 1. The molecular weight excluding hydrogens is 414 g/mol. The molecule has 0 unspecified atom stereocenters. The number of nitrogens with one attached hydrogen (secondary N) is 1. The van der Waals surface area contributed by atoms with E-state index in [2.05, 4.69) is 36.0 Å². The van der Waals surface area contributed by atoms with Crippen LogP contribution < -0.4 is 5.32 Å². The van der Waals surface area contributed by atoms with Gasteiger partial charge >= 0.3 is 0 Å². The largest absolute Gasteiger partial charge is 0.355 e. The summed E-state index contributed by atoms with van der Waals surface area (Å²) in [5.74, 6) is 0.761. The van der Waals surface area contributed by atoms with Gasteiger partial charge in [0.2, 0.25) is 15.9 Å². The molecule has 0 atom stereocenters. The molecule has 1 heterocycles. The quantitative estimate of drug-likeness (QED) is 0.535. The van der Waals surface area contributed by atoms with E-state index in [1.807, 2.05) is 25.5 Å². The number of nitrogens with zero attached hydrogens (tertiary/aromatic N) is 4. The van der Waals surface area contributed by atoms with Crippen molar-refractivity contribution in [3.05, 3.63) is 24.0 Å². The van der Waals surface area contributed by atoms with Gasteiger partial charge < -0.3 is 9.88 Å². The van der Waals surface area contributed by atoms with Gasteiger partial charge in [-0.1, -0.05) is 20.8 Å². The Morgan fingerprint density at radius 2 is 1.84 bits per heavy atom. The van der Waals surface area contributed by atoms with Gasteiger partial charge in [0, 0.05) is 52.1 Å². The van der Waals surface area contributed by atoms with Gasteiger partial charge in [-0.05, 0) is 38.6 Å². The molecule has 174 valence electrons. The smallest absolute Gasteiger partial charge is 0.243 e. The Morgan fingerprint density at radius 1 is 1.16 bits per heavy atom. The van der Waals surface area contributed by atoms with E-state index in [9.17, 15) is 13.2 Å². The number of sulfonamides is 1. The Morgan fingerprint density at radius 3 is 2.42 bits per heavy atom. The molecule has 2 aromatic rings. The van der Waals surface area contributed by atoms with E-state index < -0.39 is 10.0 Å². The van der Waals surface area contributed by atoms with Gasteiger partial charge in [0.05, 0.1) is 15.9 Å². The first kappa shape index (κ1) is 25.3. The Labute approximate surface area is 186 Å². The maximum Gasteiger partial charge on any atom is 0.243 e. The molecule has 31 heavy (non-hydrogen) atoms. The van der Waals surface area contributed by atoms with Gasteiger partial charge in [-0.3, -0.25) is 9.69 Å². The first-order valence-electron chi connectivity index (χ1n) is 11.1. The second kappa shape index (κ2) is 11.1. The van der Waals surface area contributed by atoms with Gasteiger partial charge in [-0.25, -0.2) is 13.4 Å². The maximum atomic E-state index is 12.8. The number of fused-ring (bicyclic) bond motifs is 1. The molecule has 0 fully saturated rings. The summed E-state index contributed by atoms with van der Waals surface area (Å²) in [6, 6.07) is 5.49. The van der Waals surface area contributed by atoms with Crippen LogP contribution in [-0.2, 0) is 28.3 Å². The minimum absolute atomic E-state index is 0.00309. The molecule has 9 heteroatoms. The van der Waals surface area contributed by atoms with E-state index in [4.69, 9.17) is 0 Å². The molecule has 0 saturated heterocycles. The predicted octanol–water partition coefficient (Wildman–Crippen LogP) is 2.38. The Kier molecular flexibility index (Phi) is 9.02. The van der Waals surface area contributed by atoms with E-state index in [0.29, 0.717) is 44.0 Å². The third-order valence-corrected chi connectivity index (χ3v) is 7.77. The number of carbonyl (C=O) groups is 1. The summed E-state index contributed by atoms with van der Waals surface area (Å²) in [4.78, 5) is 19.4. The van der Waals surface area contributed by atoms with Gasteiger partial charge in [0.25, 0.3) is 0 Å². The van der Waals surface area contributed by atoms with Crippen molar-refractivity contribution in [2.75, 3.05) is 32.7 Å². The second-order valence-electron chi connectivity index (χ2n) is 7.90. The van der Waals surface area contributed by atoms with Crippen LogP contribution in [0.4, 0.5) is 0 Å². The zero-order valence-electron chi connectivity index (χ0n) is 19.7. The number of rotatable bonds is 12. The van der Waals surface area contributed by atoms with Gasteiger partial charge in [0.1, 0.15) is 5.82 Å². The topological polar surface area (TPSA) is 87.5 Å². The van der Waals surface area contributed by atoms with Crippen molar-refractivity contribution in [2.45, 2.75) is 58.4 Å². The summed E-state index contributed by atoms with van der Waals surface area (Å²) in [5, 5.41) is 2.98. The molecule has 0 aliphatic rings. The van der Waals surface area contributed by atoms with Crippen LogP contribution >= 0.6 is 0 Å². The summed E-state index contributed by atoms with van der Waals surface area (Å²) in [5.41, 5.74) is 1.48. The van der Waals surface area contributed by atoms with E-state index in [0.717, 1.165) is 24.4 Å². The number of likely N-dealkylation sites (N-methyl/N-ethyl adjacent to an activating group) is 1. The number of imidazole rings is 1. The lowest BCUT2D eigenvalue weighted by Gasteiger charge is -2.24. The molecule has 0 radical (unpaired) electrons. The molecule has 0 aliphatic carbocycles. The van der Waals surface area contributed by atoms with Crippen molar-refractivity contribution in [3.63, 3.8) is 0 Å². The molecular formula is C22H37N5O3S. The summed E-state index contributed by atoms with van der Waals surface area (Å²) < 4.78 is 28.9. The van der Waals surface area contributed by atoms with Crippen LogP contribution in [0.3, 0.4) is 0 Å². The van der Waals surface area contributed by atoms with E-state index in [1.165, 1.54) is 4.31 Å². The van der Waals surface area contributed by atoms with Crippen molar-refractivity contribution in [1.29, 1.82) is 0 Å². The summed E-state index contributed by atoms with van der Waals surface area (Å²) in [7, 11) is -1.64. The number of benzene rings is 1. The molecule has 0 bridgehead atoms. The van der Waals surface area contributed by atoms with Crippen LogP contribution in [0, 0.1) is 0 Å². The highest BCUT2D eigenvalue weighted by Crippen LogP contribution is 2.22. The van der Waals surface area contributed by atoms with E-state index >= 15 is 0 Å². The zero-order valence-corrected chi connectivity index (χ0v) is 20.5. The molecule has 1 aromatic heterocycles. The first-order chi connectivity index (χ1) is 14.6. The highest BCUT2D eigenvalue weighted by atomic mass is 32.2. The summed E-state index contributed by atoms with van der Waals surface area (Å²) >= 11 is 0. The fraction of sp³-hybridized carbons (Fsp3) is 0.636. The predicted molar refractivity (Wildman–Crippen MR) is 125 cm³/mol. The van der Waals surface area contributed by atoms with Crippen molar-refractivity contribution < 1.29 is 13.2 Å². The number of aromatic nitrogens is 2. The Bertz CT molecular complexity index is 980. The number of amides is 1. The fourth-order valence-electron chi connectivity index (χ4n) is 3.76. The molecule has 2 rings (SSSR count). The fourth-order valence-corrected chi connectivity index (χ4v) is 5.24. The lowest BCUT2D eigenvalue weighted by molar-refractivity contribution is -0.121. The lowest BCUT2D eigenvalue weighted by atomic mass is 10.2. The molecule has 8 nitrogen and oxygen atoms in total. The molecule has 1 aromatic carbocycles. The van der Waals surface area contributed by atoms with Crippen LogP contribution in [0.1, 0.15) is 46.9 Å². The molecule has 0 spiro atoms. The maximum absolute atomic E-state index is 12.8. The average molecular weight is 452 g/mol. The number of hydrogen-bond acceptors (Lipinski definition) is 5. The van der Waals surface area contributed by atoms with Crippen LogP contribution in [0.5, 0.6) is 0 Å². The minimum Gasteiger partial charge on any atom is -0.355 e. The molecule has 0 saturated carbocycles. The Balaban J connectivity index is 2.05. The second-order valence-corrected chi connectivity index (χ2v) is 9.84. The first-order valence-corrected chi connectivity index (χ1v) is 12.6. The van der Waals surface area contributed by atoms with Crippen molar-refractivity contribution in [3.8, 4) is 0 Å². The third kappa shape index (κ3) is 6.05. The number of hydrogen-bond donors (Lipinski definition) is 1. The van der Waals surface area contributed by atoms with Crippen molar-refractivity contribution >= 4 is 27.0 Å². The number of aryl methyl sites for hydroxylation is 2. The highest BCUT2D eigenvalue weighted by molar-refractivity contribution is 7.89. The van der Waals surface area contributed by atoms with Gasteiger partial charge in [0.15, 0.2) is 0 Å². The van der Waals surface area contributed by atoms with Gasteiger partial charge in [-0.2, -0.15) is 4.31 Å². The lowest BCUT2D eigenvalue weighted by Crippen LogP contribution is -2.38. The molecule has 0 aliphatic heterocycles. The van der Waals surface area contributed by atoms with Crippen molar-refractivity contribution in [1.82, 2.24) is 24.1 Å². The van der Waals surface area contributed by atoms with E-state index in [1.54, 1.807) is 18.2 Å². The zero-order chi connectivity index (χ0) is 23.2. The molecule has 1 N–H and O–H groups in total. The average Bonchev–Trinajstić information content (AvgIpc) is 3.05. The van der Waals surface area contributed by atoms with Crippen LogP contribution in [0.25, 0.3) is 11.0 Å². The highest BCUT2D eigenvalue weighted by Gasteiger charge is 2.22. The van der Waals surface area contributed by atoms with Gasteiger partial charge in [-0.15, -0.1) is 0 Å². The minimum atomic E-state index is -3.53. The third-order valence-electron chi connectivity index (χ3n) is 5.72. The molecule has 1 amide bonds. The van der Waals surface area contributed by atoms with Crippen LogP contribution in [0.15, 0.2) is 23.1 Å². The van der Waals surface area contributed by atoms with Crippen LogP contribution in [-0.4, -0.2) is 71.8 Å². The summed E-state index contributed by atoms with van der Waals surface area (Å²) in [6.07, 6.45) is 0.840. The Hall–Kier alpha value is -1.97. The monoisotopic (exact) mass is 451 g/mol. The standard InChI is InChI=1S/C22H37N5O3S/c1-7-26(17(4)5)15-14-23-22(28)13-12-21-24-19-16-18(10-11-20(19)25(21)6)31(29,30)27(8-2)9-3/h10-11,16-17H,7-9,12-15H2,1-6H3,(H,23,28). The van der Waals surface area contributed by atoms with Crippen LogP contribution in [0.2, 0.25) is 0 Å². The SMILES string of the molecule is CCN(CCNC(=O)CCc1nc2cc(S(=O)(=O)N(CC)CC)ccc2n1C)C(C)C. The van der Waals surface area contributed by atoms with Crippen molar-refractivity contribution in [2.24, 2.45) is 7.05 Å². The normalized spacial score (nSPS) is 12.4. The van der Waals surface area contributed by atoms with E-state index in [-0.39, 0.29) is 10.8 Å².